The van der Waals surface area contributed by atoms with Gasteiger partial charge in [-0.1, -0.05) is 12.1 Å². The Bertz CT molecular complexity index is 658. The number of nitrogens with one attached hydrogen (secondary N) is 1. The van der Waals surface area contributed by atoms with E-state index in [1.54, 1.807) is 24.3 Å². The standard InChI is InChI=1S/C16H19FN4O/c1-3-21(2)16-13(15(18)22)8-9-14(20-16)19-10-11-4-6-12(17)7-5-11/h4-9H,3,10H2,1-2H3,(H2,18,22)(H,19,20). The molecule has 0 radical (unpaired) electrons. The van der Waals surface area contributed by atoms with Crippen molar-refractivity contribution in [2.75, 3.05) is 23.8 Å². The number of nitrogens with zero attached hydrogens (tertiary/aromatic N) is 2. The average Bonchev–Trinajstić information content (AvgIpc) is 2.53. The molecule has 116 valence electrons. The first-order chi connectivity index (χ1) is 10.5. The van der Waals surface area contributed by atoms with Crippen molar-refractivity contribution in [3.8, 4) is 0 Å². The molecule has 0 aliphatic rings. The lowest BCUT2D eigenvalue weighted by Gasteiger charge is -2.19. The molecule has 3 N–H and O–H groups in total. The Morgan fingerprint density at radius 3 is 2.55 bits per heavy atom. The summed E-state index contributed by atoms with van der Waals surface area (Å²) in [6, 6.07) is 9.60. The third-order valence-corrected chi connectivity index (χ3v) is 3.36. The first kappa shape index (κ1) is 15.8. The number of carbonyl (C=O) groups is 1. The zero-order chi connectivity index (χ0) is 16.1. The van der Waals surface area contributed by atoms with Crippen molar-refractivity contribution in [1.29, 1.82) is 0 Å². The van der Waals surface area contributed by atoms with E-state index in [9.17, 15) is 9.18 Å². The summed E-state index contributed by atoms with van der Waals surface area (Å²) in [5, 5.41) is 3.15. The average molecular weight is 302 g/mol. The molecule has 0 unspecified atom stereocenters. The second-order valence-electron chi connectivity index (χ2n) is 4.93. The van der Waals surface area contributed by atoms with Crippen LogP contribution in [0.1, 0.15) is 22.8 Å². The number of benzene rings is 1. The number of primary amides is 1. The van der Waals surface area contributed by atoms with Gasteiger partial charge in [0.15, 0.2) is 0 Å². The van der Waals surface area contributed by atoms with Gasteiger partial charge < -0.3 is 16.0 Å². The minimum absolute atomic E-state index is 0.264. The number of amides is 1. The van der Waals surface area contributed by atoms with Gasteiger partial charge >= 0.3 is 0 Å². The predicted molar refractivity (Wildman–Crippen MR) is 85.4 cm³/mol. The molecule has 6 heteroatoms. The molecule has 1 aromatic carbocycles. The first-order valence-electron chi connectivity index (χ1n) is 7.01. The molecule has 5 nitrogen and oxygen atoms in total. The zero-order valence-electron chi connectivity index (χ0n) is 12.6. The van der Waals surface area contributed by atoms with Gasteiger partial charge in [-0.3, -0.25) is 4.79 Å². The first-order valence-corrected chi connectivity index (χ1v) is 7.01. The molecule has 0 aliphatic carbocycles. The fraction of sp³-hybridized carbons (Fsp3) is 0.250. The number of pyridine rings is 1. The molecule has 1 aromatic heterocycles. The molecular weight excluding hydrogens is 283 g/mol. The zero-order valence-corrected chi connectivity index (χ0v) is 12.6. The topological polar surface area (TPSA) is 71.2 Å². The minimum Gasteiger partial charge on any atom is -0.366 e. The third-order valence-electron chi connectivity index (χ3n) is 3.36. The highest BCUT2D eigenvalue weighted by Crippen LogP contribution is 2.19. The van der Waals surface area contributed by atoms with E-state index >= 15 is 0 Å². The second-order valence-corrected chi connectivity index (χ2v) is 4.93. The fourth-order valence-corrected chi connectivity index (χ4v) is 1.97. The summed E-state index contributed by atoms with van der Waals surface area (Å²) >= 11 is 0. The van der Waals surface area contributed by atoms with E-state index in [1.165, 1.54) is 12.1 Å². The summed E-state index contributed by atoms with van der Waals surface area (Å²) in [4.78, 5) is 17.8. The van der Waals surface area contributed by atoms with E-state index in [0.29, 0.717) is 30.3 Å². The Morgan fingerprint density at radius 1 is 1.27 bits per heavy atom. The Morgan fingerprint density at radius 2 is 1.95 bits per heavy atom. The van der Waals surface area contributed by atoms with Gasteiger partial charge in [0.25, 0.3) is 5.91 Å². The molecule has 1 heterocycles. The molecule has 0 aliphatic heterocycles. The number of nitrogens with two attached hydrogens (primary N) is 1. The van der Waals surface area contributed by atoms with E-state index in [-0.39, 0.29) is 5.82 Å². The molecule has 0 spiro atoms. The highest BCUT2D eigenvalue weighted by atomic mass is 19.1. The van der Waals surface area contributed by atoms with Crippen molar-refractivity contribution >= 4 is 17.5 Å². The molecule has 0 saturated carbocycles. The van der Waals surface area contributed by atoms with E-state index < -0.39 is 5.91 Å². The molecule has 22 heavy (non-hydrogen) atoms. The maximum atomic E-state index is 12.9. The molecule has 2 rings (SSSR count). The second kappa shape index (κ2) is 6.89. The SMILES string of the molecule is CCN(C)c1nc(NCc2ccc(F)cc2)ccc1C(N)=O. The van der Waals surface area contributed by atoms with Crippen LogP contribution in [0.4, 0.5) is 16.0 Å². The number of carbonyl (C=O) groups excluding carboxylic acids is 1. The highest BCUT2D eigenvalue weighted by Gasteiger charge is 2.13. The van der Waals surface area contributed by atoms with Crippen molar-refractivity contribution in [2.45, 2.75) is 13.5 Å². The van der Waals surface area contributed by atoms with Crippen LogP contribution in [0.3, 0.4) is 0 Å². The van der Waals surface area contributed by atoms with Crippen molar-refractivity contribution in [3.05, 3.63) is 53.3 Å². The number of aromatic nitrogens is 1. The van der Waals surface area contributed by atoms with Gasteiger partial charge in [-0.25, -0.2) is 9.37 Å². The monoisotopic (exact) mass is 302 g/mol. The lowest BCUT2D eigenvalue weighted by molar-refractivity contribution is 0.100. The normalized spacial score (nSPS) is 10.3. The van der Waals surface area contributed by atoms with Crippen LogP contribution in [-0.2, 0) is 6.54 Å². The van der Waals surface area contributed by atoms with E-state index in [0.717, 1.165) is 5.56 Å². The molecule has 0 atom stereocenters. The minimum atomic E-state index is -0.507. The Balaban J connectivity index is 2.17. The Kier molecular flexibility index (Phi) is 4.93. The lowest BCUT2D eigenvalue weighted by Crippen LogP contribution is -2.23. The number of hydrogen-bond donors (Lipinski definition) is 2. The maximum absolute atomic E-state index is 12.9. The number of hydrogen-bond acceptors (Lipinski definition) is 4. The van der Waals surface area contributed by atoms with Crippen molar-refractivity contribution < 1.29 is 9.18 Å². The summed E-state index contributed by atoms with van der Waals surface area (Å²) in [7, 11) is 1.85. The summed E-state index contributed by atoms with van der Waals surface area (Å²) in [5.41, 5.74) is 6.70. The van der Waals surface area contributed by atoms with Gasteiger partial charge in [0.2, 0.25) is 0 Å². The molecule has 2 aromatic rings. The fourth-order valence-electron chi connectivity index (χ4n) is 1.97. The third kappa shape index (κ3) is 3.72. The predicted octanol–water partition coefficient (Wildman–Crippen LogP) is 2.39. The molecule has 0 bridgehead atoms. The van der Waals surface area contributed by atoms with Crippen LogP contribution in [0.2, 0.25) is 0 Å². The highest BCUT2D eigenvalue weighted by molar-refractivity contribution is 5.98. The number of anilines is 2. The molecule has 0 fully saturated rings. The lowest BCUT2D eigenvalue weighted by atomic mass is 10.2. The molecular formula is C16H19FN4O. The van der Waals surface area contributed by atoms with Crippen LogP contribution in [0.25, 0.3) is 0 Å². The van der Waals surface area contributed by atoms with Crippen LogP contribution in [0, 0.1) is 5.82 Å². The van der Waals surface area contributed by atoms with Crippen LogP contribution >= 0.6 is 0 Å². The van der Waals surface area contributed by atoms with Gasteiger partial charge in [0.1, 0.15) is 17.5 Å². The van der Waals surface area contributed by atoms with E-state index in [2.05, 4.69) is 10.3 Å². The van der Waals surface area contributed by atoms with Gasteiger partial charge in [-0.15, -0.1) is 0 Å². The van der Waals surface area contributed by atoms with Crippen molar-refractivity contribution in [1.82, 2.24) is 4.98 Å². The van der Waals surface area contributed by atoms with Crippen molar-refractivity contribution in [2.24, 2.45) is 5.73 Å². The van der Waals surface area contributed by atoms with Gasteiger partial charge in [0.05, 0.1) is 5.56 Å². The van der Waals surface area contributed by atoms with E-state index in [4.69, 9.17) is 5.73 Å². The smallest absolute Gasteiger partial charge is 0.252 e. The molecule has 1 amide bonds. The Labute approximate surface area is 129 Å². The maximum Gasteiger partial charge on any atom is 0.252 e. The number of halogens is 1. The van der Waals surface area contributed by atoms with Crippen LogP contribution in [-0.4, -0.2) is 24.5 Å². The summed E-state index contributed by atoms with van der Waals surface area (Å²) < 4.78 is 12.9. The van der Waals surface area contributed by atoms with Crippen LogP contribution < -0.4 is 16.0 Å². The summed E-state index contributed by atoms with van der Waals surface area (Å²) in [6.45, 7) is 3.18. The van der Waals surface area contributed by atoms with Crippen LogP contribution in [0.15, 0.2) is 36.4 Å². The van der Waals surface area contributed by atoms with Gasteiger partial charge in [-0.2, -0.15) is 0 Å². The van der Waals surface area contributed by atoms with Crippen molar-refractivity contribution in [3.63, 3.8) is 0 Å². The molecule has 0 saturated heterocycles. The van der Waals surface area contributed by atoms with Crippen LogP contribution in [0.5, 0.6) is 0 Å². The summed E-state index contributed by atoms with van der Waals surface area (Å²) in [6.07, 6.45) is 0. The Hall–Kier alpha value is -2.63. The van der Waals surface area contributed by atoms with Gasteiger partial charge in [-0.05, 0) is 36.8 Å². The summed E-state index contributed by atoms with van der Waals surface area (Å²) in [5.74, 6) is 0.399. The van der Waals surface area contributed by atoms with E-state index in [1.807, 2.05) is 18.9 Å². The quantitative estimate of drug-likeness (QED) is 0.859. The van der Waals surface area contributed by atoms with Gasteiger partial charge in [0, 0.05) is 20.1 Å². The number of rotatable bonds is 6. The largest absolute Gasteiger partial charge is 0.366 e.